The van der Waals surface area contributed by atoms with Crippen LogP contribution < -0.4 is 5.56 Å². The van der Waals surface area contributed by atoms with Crippen LogP contribution in [-0.4, -0.2) is 25.0 Å². The molecule has 3 rings (SSSR count). The molecule has 118 valence electrons. The van der Waals surface area contributed by atoms with Crippen LogP contribution in [0.2, 0.25) is 0 Å². The molecule has 0 radical (unpaired) electrons. The van der Waals surface area contributed by atoms with Gasteiger partial charge in [-0.25, -0.2) is 9.97 Å². The molecule has 0 aliphatic heterocycles. The molecule has 5 nitrogen and oxygen atoms in total. The van der Waals surface area contributed by atoms with Crippen molar-refractivity contribution in [2.75, 3.05) is 6.26 Å². The largest absolute Gasteiger partial charge is 0.282 e. The van der Waals surface area contributed by atoms with Gasteiger partial charge in [0, 0.05) is 18.6 Å². The lowest BCUT2D eigenvalue weighted by Crippen LogP contribution is -2.20. The molecule has 1 aromatic carbocycles. The van der Waals surface area contributed by atoms with Gasteiger partial charge in [0.05, 0.1) is 31.9 Å². The summed E-state index contributed by atoms with van der Waals surface area (Å²) in [6.07, 6.45) is 4.65. The van der Waals surface area contributed by atoms with E-state index in [4.69, 9.17) is 0 Å². The molecule has 0 saturated carbocycles. The van der Waals surface area contributed by atoms with Crippen LogP contribution in [0.5, 0.6) is 0 Å². The Morgan fingerprint density at radius 3 is 2.48 bits per heavy atom. The molecule has 3 aromatic rings. The minimum absolute atomic E-state index is 0.200. The Morgan fingerprint density at radius 1 is 1.22 bits per heavy atom. The predicted octanol–water partition coefficient (Wildman–Crippen LogP) is 2.90. The average Bonchev–Trinajstić information content (AvgIpc) is 2.51. The molecule has 23 heavy (non-hydrogen) atoms. The summed E-state index contributed by atoms with van der Waals surface area (Å²) in [6, 6.07) is 5.89. The summed E-state index contributed by atoms with van der Waals surface area (Å²) in [4.78, 5) is 21.1. The minimum atomic E-state index is -1.30. The number of fused-ring (bicyclic) bond motifs is 1. The summed E-state index contributed by atoms with van der Waals surface area (Å²) in [5.41, 5.74) is 3.13. The molecule has 7 heteroatoms. The van der Waals surface area contributed by atoms with Crippen molar-refractivity contribution in [3.8, 4) is 5.69 Å². The van der Waals surface area contributed by atoms with Gasteiger partial charge in [-0.3, -0.25) is 13.6 Å². The zero-order chi connectivity index (χ0) is 16.7. The van der Waals surface area contributed by atoms with Gasteiger partial charge >= 0.3 is 0 Å². The highest BCUT2D eigenvalue weighted by atomic mass is 79.9. The van der Waals surface area contributed by atoms with Crippen LogP contribution in [0.1, 0.15) is 11.1 Å². The number of pyridine rings is 1. The molecule has 0 bridgehead atoms. The first-order valence-corrected chi connectivity index (χ1v) is 9.23. The minimum Gasteiger partial charge on any atom is -0.282 e. The molecule has 0 N–H and O–H groups in total. The van der Waals surface area contributed by atoms with Crippen LogP contribution in [0, 0.1) is 13.8 Å². The van der Waals surface area contributed by atoms with Gasteiger partial charge in [0.2, 0.25) is 5.16 Å². The summed E-state index contributed by atoms with van der Waals surface area (Å²) in [5, 5.41) is 0.596. The van der Waals surface area contributed by atoms with Gasteiger partial charge < -0.3 is 0 Å². The Balaban J connectivity index is 2.38. The van der Waals surface area contributed by atoms with Gasteiger partial charge in [-0.2, -0.15) is 0 Å². The van der Waals surface area contributed by atoms with Gasteiger partial charge in [-0.05, 0) is 40.9 Å². The number of hydrogen-bond acceptors (Lipinski definition) is 4. The van der Waals surface area contributed by atoms with Gasteiger partial charge in [0.15, 0.2) is 0 Å². The maximum atomic E-state index is 12.9. The van der Waals surface area contributed by atoms with E-state index < -0.39 is 10.8 Å². The van der Waals surface area contributed by atoms with Gasteiger partial charge in [0.1, 0.15) is 0 Å². The molecule has 0 spiro atoms. The average molecular weight is 392 g/mol. The monoisotopic (exact) mass is 391 g/mol. The Hall–Kier alpha value is -1.86. The van der Waals surface area contributed by atoms with Crippen LogP contribution in [-0.2, 0) is 10.8 Å². The number of nitrogens with zero attached hydrogens (tertiary/aromatic N) is 3. The topological polar surface area (TPSA) is 64.8 Å². The first-order valence-electron chi connectivity index (χ1n) is 6.88. The second-order valence-electron chi connectivity index (χ2n) is 5.26. The summed E-state index contributed by atoms with van der Waals surface area (Å²) >= 11 is 3.46. The first-order chi connectivity index (χ1) is 10.9. The van der Waals surface area contributed by atoms with Crippen LogP contribution in [0.3, 0.4) is 0 Å². The van der Waals surface area contributed by atoms with Crippen molar-refractivity contribution in [3.05, 3.63) is 56.5 Å². The van der Waals surface area contributed by atoms with Crippen molar-refractivity contribution in [3.63, 3.8) is 0 Å². The lowest BCUT2D eigenvalue weighted by atomic mass is 10.1. The van der Waals surface area contributed by atoms with Crippen LogP contribution in [0.25, 0.3) is 16.6 Å². The summed E-state index contributed by atoms with van der Waals surface area (Å²) in [7, 11) is -1.30. The van der Waals surface area contributed by atoms with Crippen molar-refractivity contribution in [1.82, 2.24) is 14.5 Å². The number of aryl methyl sites for hydroxylation is 2. The van der Waals surface area contributed by atoms with Gasteiger partial charge in [0.25, 0.3) is 5.56 Å². The van der Waals surface area contributed by atoms with E-state index in [-0.39, 0.29) is 10.7 Å². The molecule has 1 atom stereocenters. The van der Waals surface area contributed by atoms with Gasteiger partial charge in [-0.1, -0.05) is 18.2 Å². The fourth-order valence-corrected chi connectivity index (χ4v) is 3.49. The lowest BCUT2D eigenvalue weighted by molar-refractivity contribution is 0.680. The molecule has 2 aromatic heterocycles. The smallest absolute Gasteiger partial charge is 0.266 e. The highest BCUT2D eigenvalue weighted by Crippen LogP contribution is 2.23. The quantitative estimate of drug-likeness (QED) is 0.629. The van der Waals surface area contributed by atoms with Gasteiger partial charge in [-0.15, -0.1) is 0 Å². The number of benzene rings is 1. The number of para-hydroxylation sites is 1. The number of hydrogen-bond donors (Lipinski definition) is 0. The second-order valence-corrected chi connectivity index (χ2v) is 7.39. The highest BCUT2D eigenvalue weighted by Gasteiger charge is 2.14. The van der Waals surface area contributed by atoms with E-state index in [9.17, 15) is 9.00 Å². The molecule has 1 unspecified atom stereocenters. The fourth-order valence-electron chi connectivity index (χ4n) is 2.56. The zero-order valence-electron chi connectivity index (χ0n) is 12.8. The van der Waals surface area contributed by atoms with E-state index in [1.165, 1.54) is 12.5 Å². The van der Waals surface area contributed by atoms with Crippen molar-refractivity contribution < 1.29 is 4.21 Å². The first kappa shape index (κ1) is 16.0. The second kappa shape index (κ2) is 5.98. The number of aromatic nitrogens is 3. The van der Waals surface area contributed by atoms with Crippen LogP contribution in [0.15, 0.2) is 45.0 Å². The Kier molecular flexibility index (Phi) is 4.16. The van der Waals surface area contributed by atoms with Crippen molar-refractivity contribution >= 4 is 37.6 Å². The van der Waals surface area contributed by atoms with Crippen molar-refractivity contribution in [1.29, 1.82) is 0 Å². The summed E-state index contributed by atoms with van der Waals surface area (Å²) < 4.78 is 13.8. The third-order valence-corrected chi connectivity index (χ3v) is 4.91. The van der Waals surface area contributed by atoms with Crippen molar-refractivity contribution in [2.24, 2.45) is 0 Å². The lowest BCUT2D eigenvalue weighted by Gasteiger charge is -2.14. The molecule has 2 heterocycles. The molecule has 0 aliphatic carbocycles. The van der Waals surface area contributed by atoms with E-state index in [2.05, 4.69) is 25.9 Å². The molecular formula is C16H14BrN3O2S. The molecular weight excluding hydrogens is 378 g/mol. The molecule has 0 fully saturated rings. The van der Waals surface area contributed by atoms with E-state index in [0.717, 1.165) is 16.8 Å². The van der Waals surface area contributed by atoms with E-state index in [1.54, 1.807) is 10.8 Å². The Morgan fingerprint density at radius 2 is 1.87 bits per heavy atom. The normalized spacial score (nSPS) is 12.5. The molecule has 0 aliphatic rings. The third kappa shape index (κ3) is 2.74. The van der Waals surface area contributed by atoms with Crippen molar-refractivity contribution in [2.45, 2.75) is 19.0 Å². The van der Waals surface area contributed by atoms with E-state index in [0.29, 0.717) is 15.4 Å². The predicted molar refractivity (Wildman–Crippen MR) is 94.6 cm³/mol. The Labute approximate surface area is 144 Å². The maximum absolute atomic E-state index is 12.9. The zero-order valence-corrected chi connectivity index (χ0v) is 15.2. The van der Waals surface area contributed by atoms with Crippen LogP contribution in [0.4, 0.5) is 0 Å². The standard InChI is InChI=1S/C16H14BrN3O2S/c1-9-5-4-6-10(2)14(9)20-8-12(17)13-11(15(20)21)7-18-16(19-13)23(3)22/h4-8H,1-3H3. The number of halogens is 1. The SMILES string of the molecule is Cc1cccc(C)c1-n1cc(Br)c2nc(S(C)=O)ncc2c1=O. The summed E-state index contributed by atoms with van der Waals surface area (Å²) in [6.45, 7) is 3.93. The highest BCUT2D eigenvalue weighted by molar-refractivity contribution is 9.10. The maximum Gasteiger partial charge on any atom is 0.266 e. The van der Waals surface area contributed by atoms with E-state index in [1.807, 2.05) is 32.0 Å². The molecule has 0 amide bonds. The molecule has 0 saturated heterocycles. The number of rotatable bonds is 2. The summed E-state index contributed by atoms with van der Waals surface area (Å²) in [5.74, 6) is 0. The third-order valence-electron chi connectivity index (χ3n) is 3.62. The van der Waals surface area contributed by atoms with Crippen LogP contribution >= 0.6 is 15.9 Å². The fraction of sp³-hybridized carbons (Fsp3) is 0.188. The van der Waals surface area contributed by atoms with E-state index >= 15 is 0 Å². The Bertz CT molecular complexity index is 994.